The van der Waals surface area contributed by atoms with Crippen LogP contribution in [0, 0.1) is 62.5 Å². The zero-order valence-corrected chi connectivity index (χ0v) is 31.4. The first-order chi connectivity index (χ1) is 23.9. The summed E-state index contributed by atoms with van der Waals surface area (Å²) in [5.74, 6) is -2.18. The van der Waals surface area contributed by atoms with Gasteiger partial charge in [-0.15, -0.1) is 6.58 Å². The molecule has 5 nitrogen and oxygen atoms in total. The van der Waals surface area contributed by atoms with Crippen molar-refractivity contribution in [1.82, 2.24) is 10.2 Å². The van der Waals surface area contributed by atoms with Gasteiger partial charge in [0.1, 0.15) is 5.82 Å². The molecule has 0 bridgehead atoms. The second-order valence-electron chi connectivity index (χ2n) is 18.8. The summed E-state index contributed by atoms with van der Waals surface area (Å²) in [5, 5.41) is 12.7. The van der Waals surface area contributed by atoms with Crippen LogP contribution in [0.2, 0.25) is 0 Å². The lowest BCUT2D eigenvalue weighted by Gasteiger charge is -2.72. The number of carbonyl (C=O) groups is 2. The molecule has 8 heteroatoms. The second-order valence-corrected chi connectivity index (χ2v) is 18.8. The fourth-order valence-corrected chi connectivity index (χ4v) is 13.8. The molecule has 280 valence electrons. The number of halogens is 3. The first-order valence-electron chi connectivity index (χ1n) is 19.7. The van der Waals surface area contributed by atoms with Gasteiger partial charge in [-0.1, -0.05) is 52.8 Å². The van der Waals surface area contributed by atoms with Crippen molar-refractivity contribution in [2.45, 2.75) is 111 Å². The van der Waals surface area contributed by atoms with E-state index in [-0.39, 0.29) is 51.9 Å². The maximum absolute atomic E-state index is 15.5. The van der Waals surface area contributed by atoms with E-state index in [0.717, 1.165) is 69.4 Å². The lowest BCUT2D eigenvalue weighted by atomic mass is 9.32. The highest BCUT2D eigenvalue weighted by Crippen LogP contribution is 2.77. The summed E-state index contributed by atoms with van der Waals surface area (Å²) in [4.78, 5) is 27.9. The SMILES string of the molecule is C=C[C@@H]1CC[C@]2(C(=O)NCCN3CCC(F)(F)CC3)CC[C@]3(C)[C@H](CC[C@@H]4[C@@]5(C)CC=C(c6ccc(C(=O)O)cc6F)C(C)(C)[C@@H]5CC[C@]43C)[C@@H]12. The number of piperidine rings is 1. The van der Waals surface area contributed by atoms with Gasteiger partial charge in [0.05, 0.1) is 11.0 Å². The van der Waals surface area contributed by atoms with Crippen molar-refractivity contribution in [2.24, 2.45) is 56.7 Å². The molecule has 6 aliphatic rings. The number of alkyl halides is 2. The number of amides is 1. The third-order valence-electron chi connectivity index (χ3n) is 16.6. The number of rotatable bonds is 7. The number of allylic oxidation sites excluding steroid dienone is 3. The molecule has 7 rings (SSSR count). The predicted molar refractivity (Wildman–Crippen MR) is 195 cm³/mol. The van der Waals surface area contributed by atoms with E-state index in [4.69, 9.17) is 0 Å². The van der Waals surface area contributed by atoms with Crippen LogP contribution in [0.15, 0.2) is 36.9 Å². The number of aromatic carboxylic acids is 1. The van der Waals surface area contributed by atoms with Gasteiger partial charge in [-0.25, -0.2) is 18.0 Å². The van der Waals surface area contributed by atoms with Gasteiger partial charge in [0.2, 0.25) is 5.91 Å². The molecule has 1 aromatic carbocycles. The number of carboxylic acids is 1. The van der Waals surface area contributed by atoms with Crippen molar-refractivity contribution in [3.8, 4) is 0 Å². The molecule has 51 heavy (non-hydrogen) atoms. The normalized spacial score (nSPS) is 41.3. The fourth-order valence-electron chi connectivity index (χ4n) is 13.8. The van der Waals surface area contributed by atoms with Gasteiger partial charge in [0.15, 0.2) is 0 Å². The van der Waals surface area contributed by atoms with E-state index in [2.05, 4.69) is 63.6 Å². The van der Waals surface area contributed by atoms with E-state index in [9.17, 15) is 23.5 Å². The highest BCUT2D eigenvalue weighted by Gasteiger charge is 2.71. The van der Waals surface area contributed by atoms with E-state index in [1.54, 1.807) is 6.07 Å². The summed E-state index contributed by atoms with van der Waals surface area (Å²) in [6, 6.07) is 4.33. The Balaban J connectivity index is 1.13. The van der Waals surface area contributed by atoms with Crippen LogP contribution in [0.25, 0.3) is 5.57 Å². The monoisotopic (exact) mass is 708 g/mol. The number of hydrogen-bond acceptors (Lipinski definition) is 3. The molecule has 0 radical (unpaired) electrons. The molecule has 9 atom stereocenters. The van der Waals surface area contributed by atoms with Crippen molar-refractivity contribution < 1.29 is 27.9 Å². The number of fused-ring (bicyclic) bond motifs is 7. The first kappa shape index (κ1) is 36.7. The van der Waals surface area contributed by atoms with Gasteiger partial charge in [0, 0.05) is 44.6 Å². The van der Waals surface area contributed by atoms with Crippen molar-refractivity contribution in [3.05, 3.63) is 53.9 Å². The highest BCUT2D eigenvalue weighted by atomic mass is 19.3. The number of benzene rings is 1. The Hall–Kier alpha value is -2.61. The van der Waals surface area contributed by atoms with Crippen molar-refractivity contribution in [1.29, 1.82) is 0 Å². The highest BCUT2D eigenvalue weighted by molar-refractivity contribution is 5.88. The average Bonchev–Trinajstić information content (AvgIpc) is 3.46. The summed E-state index contributed by atoms with van der Waals surface area (Å²) >= 11 is 0. The summed E-state index contributed by atoms with van der Waals surface area (Å²) in [6.07, 6.45) is 13.2. The Morgan fingerprint density at radius 3 is 2.33 bits per heavy atom. The lowest BCUT2D eigenvalue weighted by molar-refractivity contribution is -0.224. The third-order valence-corrected chi connectivity index (χ3v) is 16.6. The molecule has 1 heterocycles. The van der Waals surface area contributed by atoms with E-state index >= 15 is 4.39 Å². The Bertz CT molecular complexity index is 1610. The van der Waals surface area contributed by atoms with Gasteiger partial charge >= 0.3 is 5.97 Å². The minimum atomic E-state index is -2.57. The summed E-state index contributed by atoms with van der Waals surface area (Å²) in [7, 11) is 0. The van der Waals surface area contributed by atoms with Crippen molar-refractivity contribution in [3.63, 3.8) is 0 Å². The van der Waals surface area contributed by atoms with Crippen LogP contribution in [-0.4, -0.2) is 54.0 Å². The molecule has 5 aliphatic carbocycles. The zero-order chi connectivity index (χ0) is 36.8. The topological polar surface area (TPSA) is 69.6 Å². The Kier molecular flexibility index (Phi) is 8.99. The van der Waals surface area contributed by atoms with Crippen molar-refractivity contribution in [2.75, 3.05) is 26.2 Å². The van der Waals surface area contributed by atoms with Crippen LogP contribution in [0.4, 0.5) is 13.2 Å². The Morgan fingerprint density at radius 2 is 1.67 bits per heavy atom. The van der Waals surface area contributed by atoms with E-state index in [1.807, 2.05) is 0 Å². The lowest BCUT2D eigenvalue weighted by Crippen LogP contribution is -2.66. The molecule has 5 fully saturated rings. The van der Waals surface area contributed by atoms with Gasteiger partial charge in [-0.3, -0.25) is 4.79 Å². The quantitative estimate of drug-likeness (QED) is 0.277. The number of nitrogens with zero attached hydrogens (tertiary/aromatic N) is 1. The van der Waals surface area contributed by atoms with Gasteiger partial charge in [0.25, 0.3) is 5.92 Å². The number of carboxylic acid groups (broad SMARTS) is 1. The van der Waals surface area contributed by atoms with E-state index in [0.29, 0.717) is 55.4 Å². The molecule has 1 amide bonds. The van der Waals surface area contributed by atoms with Crippen LogP contribution in [0.5, 0.6) is 0 Å². The van der Waals surface area contributed by atoms with E-state index in [1.165, 1.54) is 6.07 Å². The minimum absolute atomic E-state index is 0.0311. The predicted octanol–water partition coefficient (Wildman–Crippen LogP) is 9.63. The Morgan fingerprint density at radius 1 is 0.941 bits per heavy atom. The van der Waals surface area contributed by atoms with Crippen LogP contribution >= 0.6 is 0 Å². The number of hydrogen-bond donors (Lipinski definition) is 2. The minimum Gasteiger partial charge on any atom is -0.478 e. The molecule has 1 aliphatic heterocycles. The molecule has 0 spiro atoms. The average molecular weight is 709 g/mol. The van der Waals surface area contributed by atoms with Crippen LogP contribution in [0.3, 0.4) is 0 Å². The molecule has 0 unspecified atom stereocenters. The number of nitrogens with one attached hydrogen (secondary N) is 1. The van der Waals surface area contributed by atoms with Gasteiger partial charge in [-0.2, -0.15) is 0 Å². The first-order valence-corrected chi connectivity index (χ1v) is 19.7. The van der Waals surface area contributed by atoms with E-state index < -0.39 is 23.1 Å². The van der Waals surface area contributed by atoms with Crippen LogP contribution in [-0.2, 0) is 4.79 Å². The molecular weight excluding hydrogens is 649 g/mol. The molecule has 0 aromatic heterocycles. The smallest absolute Gasteiger partial charge is 0.335 e. The summed E-state index contributed by atoms with van der Waals surface area (Å²) in [5.41, 5.74) is 0.972. The summed E-state index contributed by atoms with van der Waals surface area (Å²) < 4.78 is 42.9. The largest absolute Gasteiger partial charge is 0.478 e. The third kappa shape index (κ3) is 5.49. The number of likely N-dealkylation sites (tertiary alicyclic amines) is 1. The zero-order valence-electron chi connectivity index (χ0n) is 31.4. The molecule has 1 aromatic rings. The Labute approximate surface area is 302 Å². The second kappa shape index (κ2) is 12.5. The summed E-state index contributed by atoms with van der Waals surface area (Å²) in [6.45, 7) is 18.3. The van der Waals surface area contributed by atoms with Gasteiger partial charge < -0.3 is 15.3 Å². The van der Waals surface area contributed by atoms with Gasteiger partial charge in [-0.05, 0) is 127 Å². The number of carbonyl (C=O) groups excluding carboxylic acids is 1. The van der Waals surface area contributed by atoms with Crippen molar-refractivity contribution >= 4 is 17.4 Å². The maximum Gasteiger partial charge on any atom is 0.335 e. The fraction of sp³-hybridized carbons (Fsp3) is 0.721. The van der Waals surface area contributed by atoms with Crippen LogP contribution in [0.1, 0.15) is 121 Å². The maximum atomic E-state index is 15.5. The molecule has 2 N–H and O–H groups in total. The van der Waals surface area contributed by atoms with Crippen LogP contribution < -0.4 is 5.32 Å². The molecule has 4 saturated carbocycles. The molecular formula is C43H59F3N2O3. The molecule has 1 saturated heterocycles. The standard InChI is InChI=1S/C43H59F3N2O3/c1-7-27-12-17-42(37(51)47-22-25-48-23-20-43(45,46)21-24-48)19-18-40(5)31(35(27)42)10-11-34-39(4)15-13-30(29-9-8-28(36(49)50)26-32(29)44)38(2,3)33(39)14-16-41(34,40)6/h7-9,13,26-27,31,33-35H,1,10-12,14-25H2,2-6H3,(H,47,51)(H,49,50)/t27-,31-,33+,34-,35-,39+,40-,41-,42+/m1/s1.